The number of ketones is 4. The van der Waals surface area contributed by atoms with Gasteiger partial charge in [-0.1, -0.05) is 133 Å². The second-order valence-corrected chi connectivity index (χ2v) is 15.7. The highest BCUT2D eigenvalue weighted by Crippen LogP contribution is 2.43. The standard InChI is InChI=1S/C49H55N3O6/c1-5-9-16-30(7-3)18-15-23-40(53)51-38-26-24-32(42-44(38)48(57)36-21-13-11-19-34(36)46(42)55)33-25-27-39(52-41(54)29-50-28-31(8-4)17-10-6-2)45-43(33)47(56)35-20-12-14-22-37(35)49(45)58/h11-14,19-22,24-27,30-31,50H,5-10,15-18,23,28-29H2,1-4H3,(H,51,53)(H,52,54). The summed E-state index contributed by atoms with van der Waals surface area (Å²) in [6.07, 6.45) is 10.7. The van der Waals surface area contributed by atoms with Crippen molar-refractivity contribution in [2.75, 3.05) is 23.7 Å². The Morgan fingerprint density at radius 1 is 0.483 bits per heavy atom. The third kappa shape index (κ3) is 8.80. The highest BCUT2D eigenvalue weighted by Gasteiger charge is 2.38. The fourth-order valence-electron chi connectivity index (χ4n) is 8.44. The summed E-state index contributed by atoms with van der Waals surface area (Å²) in [5.41, 5.74) is 1.93. The van der Waals surface area contributed by atoms with Crippen LogP contribution >= 0.6 is 0 Å². The van der Waals surface area contributed by atoms with Crippen LogP contribution in [0.3, 0.4) is 0 Å². The molecule has 0 bridgehead atoms. The minimum Gasteiger partial charge on any atom is -0.325 e. The number of hydrogen-bond acceptors (Lipinski definition) is 7. The Balaban J connectivity index is 1.39. The van der Waals surface area contributed by atoms with Gasteiger partial charge >= 0.3 is 0 Å². The van der Waals surface area contributed by atoms with E-state index in [0.717, 1.165) is 57.8 Å². The number of carbonyl (C=O) groups excluding carboxylic acids is 6. The smallest absolute Gasteiger partial charge is 0.238 e. The maximum absolute atomic E-state index is 14.5. The highest BCUT2D eigenvalue weighted by molar-refractivity contribution is 6.35. The van der Waals surface area contributed by atoms with Crippen LogP contribution in [-0.4, -0.2) is 48.0 Å². The van der Waals surface area contributed by atoms with Crippen LogP contribution in [0.5, 0.6) is 0 Å². The molecule has 2 unspecified atom stereocenters. The van der Waals surface area contributed by atoms with Crippen molar-refractivity contribution in [3.05, 3.63) is 117 Å². The van der Waals surface area contributed by atoms with E-state index < -0.39 is 23.1 Å². The maximum Gasteiger partial charge on any atom is 0.238 e. The molecular weight excluding hydrogens is 727 g/mol. The lowest BCUT2D eigenvalue weighted by molar-refractivity contribution is -0.116. The van der Waals surface area contributed by atoms with Crippen LogP contribution in [0.15, 0.2) is 72.8 Å². The minimum atomic E-state index is -0.443. The largest absolute Gasteiger partial charge is 0.325 e. The number of amides is 2. The van der Waals surface area contributed by atoms with Crippen molar-refractivity contribution in [1.29, 1.82) is 0 Å². The average Bonchev–Trinajstić information content (AvgIpc) is 3.24. The predicted octanol–water partition coefficient (Wildman–Crippen LogP) is 9.97. The monoisotopic (exact) mass is 781 g/mol. The zero-order valence-electron chi connectivity index (χ0n) is 34.2. The molecule has 2 aliphatic rings. The Bertz CT molecular complexity index is 2080. The molecule has 2 aliphatic carbocycles. The average molecular weight is 782 g/mol. The molecule has 2 atom stereocenters. The van der Waals surface area contributed by atoms with Crippen molar-refractivity contribution < 1.29 is 28.8 Å². The first-order chi connectivity index (χ1) is 28.1. The second kappa shape index (κ2) is 19.3. The lowest BCUT2D eigenvalue weighted by Crippen LogP contribution is -2.33. The van der Waals surface area contributed by atoms with Crippen molar-refractivity contribution in [1.82, 2.24) is 5.32 Å². The van der Waals surface area contributed by atoms with Gasteiger partial charge in [0.1, 0.15) is 0 Å². The number of fused-ring (bicyclic) bond motifs is 4. The van der Waals surface area contributed by atoms with E-state index in [4.69, 9.17) is 0 Å². The van der Waals surface area contributed by atoms with Crippen LogP contribution in [0.4, 0.5) is 11.4 Å². The van der Waals surface area contributed by atoms with E-state index in [0.29, 0.717) is 24.8 Å². The molecule has 0 fully saturated rings. The molecule has 0 aliphatic heterocycles. The normalized spacial score (nSPS) is 13.9. The lowest BCUT2D eigenvalue weighted by atomic mass is 9.75. The highest BCUT2D eigenvalue weighted by atomic mass is 16.2. The zero-order valence-corrected chi connectivity index (χ0v) is 34.2. The van der Waals surface area contributed by atoms with Gasteiger partial charge in [-0.25, -0.2) is 0 Å². The van der Waals surface area contributed by atoms with Gasteiger partial charge in [-0.15, -0.1) is 0 Å². The van der Waals surface area contributed by atoms with Gasteiger partial charge in [-0.3, -0.25) is 28.8 Å². The Labute approximate surface area is 341 Å². The van der Waals surface area contributed by atoms with Crippen LogP contribution < -0.4 is 16.0 Å². The van der Waals surface area contributed by atoms with Gasteiger partial charge in [0, 0.05) is 39.8 Å². The molecule has 2 amide bonds. The van der Waals surface area contributed by atoms with Gasteiger partial charge in [0.25, 0.3) is 0 Å². The van der Waals surface area contributed by atoms with Crippen LogP contribution in [0, 0.1) is 11.8 Å². The number of nitrogens with one attached hydrogen (secondary N) is 3. The van der Waals surface area contributed by atoms with E-state index in [1.807, 2.05) is 0 Å². The number of carbonyl (C=O) groups is 6. The Morgan fingerprint density at radius 2 is 0.897 bits per heavy atom. The maximum atomic E-state index is 14.5. The van der Waals surface area contributed by atoms with E-state index in [-0.39, 0.29) is 91.8 Å². The number of anilines is 2. The molecule has 6 rings (SSSR count). The molecule has 0 saturated heterocycles. The first-order valence-electron chi connectivity index (χ1n) is 21.1. The van der Waals surface area contributed by atoms with Gasteiger partial charge in [0.2, 0.25) is 11.8 Å². The van der Waals surface area contributed by atoms with Crippen molar-refractivity contribution in [3.8, 4) is 11.1 Å². The van der Waals surface area contributed by atoms with E-state index >= 15 is 0 Å². The minimum absolute atomic E-state index is 0.0205. The molecule has 0 radical (unpaired) electrons. The molecule has 302 valence electrons. The van der Waals surface area contributed by atoms with Crippen LogP contribution in [-0.2, 0) is 9.59 Å². The second-order valence-electron chi connectivity index (χ2n) is 15.7. The molecule has 9 heteroatoms. The summed E-state index contributed by atoms with van der Waals surface area (Å²) in [5, 5.41) is 9.07. The van der Waals surface area contributed by atoms with Crippen molar-refractivity contribution in [2.24, 2.45) is 11.8 Å². The first kappa shape index (κ1) is 42.1. The van der Waals surface area contributed by atoms with Crippen LogP contribution in [0.1, 0.15) is 162 Å². The zero-order chi connectivity index (χ0) is 41.3. The molecule has 0 saturated carbocycles. The summed E-state index contributed by atoms with van der Waals surface area (Å²) in [6, 6.07) is 19.5. The van der Waals surface area contributed by atoms with Crippen molar-refractivity contribution >= 4 is 46.3 Å². The Hall–Kier alpha value is -5.54. The molecule has 0 spiro atoms. The van der Waals surface area contributed by atoms with Gasteiger partial charge in [-0.2, -0.15) is 0 Å². The number of benzene rings is 4. The van der Waals surface area contributed by atoms with Gasteiger partial charge in [0.15, 0.2) is 23.1 Å². The van der Waals surface area contributed by atoms with Crippen LogP contribution in [0.2, 0.25) is 0 Å². The van der Waals surface area contributed by atoms with Gasteiger partial charge < -0.3 is 16.0 Å². The molecule has 9 nitrogen and oxygen atoms in total. The third-order valence-corrected chi connectivity index (χ3v) is 11.8. The number of unbranched alkanes of at least 4 members (excludes halogenated alkanes) is 2. The molecule has 4 aromatic carbocycles. The summed E-state index contributed by atoms with van der Waals surface area (Å²) in [7, 11) is 0. The van der Waals surface area contributed by atoms with E-state index in [1.54, 1.807) is 72.8 Å². The lowest BCUT2D eigenvalue weighted by Gasteiger charge is -2.27. The molecule has 0 aromatic heterocycles. The molecule has 4 aromatic rings. The van der Waals surface area contributed by atoms with Gasteiger partial charge in [-0.05, 0) is 60.9 Å². The summed E-state index contributed by atoms with van der Waals surface area (Å²) in [6.45, 7) is 9.34. The van der Waals surface area contributed by atoms with Crippen molar-refractivity contribution in [3.63, 3.8) is 0 Å². The van der Waals surface area contributed by atoms with Crippen molar-refractivity contribution in [2.45, 2.75) is 98.3 Å². The topological polar surface area (TPSA) is 139 Å². The van der Waals surface area contributed by atoms with E-state index in [2.05, 4.69) is 43.6 Å². The SMILES string of the molecule is CCCCC(CC)CCCC(=O)Nc1ccc(-c2ccc(NC(=O)CNCC(CC)CCCC)c3c2C(=O)c2ccccc2C3=O)c2c1C(=O)c1ccccc1C2=O. The summed E-state index contributed by atoms with van der Waals surface area (Å²) in [5.74, 6) is -1.37. The third-order valence-electron chi connectivity index (χ3n) is 11.8. The quantitative estimate of drug-likeness (QED) is 0.0744. The molecule has 3 N–H and O–H groups in total. The first-order valence-corrected chi connectivity index (χ1v) is 21.1. The summed E-state index contributed by atoms with van der Waals surface area (Å²) >= 11 is 0. The molecular formula is C49H55N3O6. The molecule has 0 heterocycles. The van der Waals surface area contributed by atoms with Crippen LogP contribution in [0.25, 0.3) is 11.1 Å². The summed E-state index contributed by atoms with van der Waals surface area (Å²) in [4.78, 5) is 84.5. The summed E-state index contributed by atoms with van der Waals surface area (Å²) < 4.78 is 0. The van der Waals surface area contributed by atoms with Gasteiger partial charge in [0.05, 0.1) is 29.0 Å². The fraction of sp³-hybridized carbons (Fsp3) is 0.388. The predicted molar refractivity (Wildman–Crippen MR) is 229 cm³/mol. The number of rotatable bonds is 19. The molecule has 58 heavy (non-hydrogen) atoms. The number of hydrogen-bond donors (Lipinski definition) is 3. The Morgan fingerprint density at radius 3 is 1.34 bits per heavy atom. The van der Waals surface area contributed by atoms with E-state index in [1.165, 1.54) is 0 Å². The van der Waals surface area contributed by atoms with E-state index in [9.17, 15) is 28.8 Å². The fourth-order valence-corrected chi connectivity index (χ4v) is 8.44. The Kier molecular flexibility index (Phi) is 14.0.